The highest BCUT2D eigenvalue weighted by Gasteiger charge is 2.06. The molecule has 0 aliphatic rings. The molecule has 0 aromatic rings. The lowest BCUT2D eigenvalue weighted by atomic mass is 10.2. The molecule has 0 spiro atoms. The van der Waals surface area contributed by atoms with Gasteiger partial charge in [-0.3, -0.25) is 0 Å². The highest BCUT2D eigenvalue weighted by Crippen LogP contribution is 1.96. The van der Waals surface area contributed by atoms with Crippen LogP contribution < -0.4 is 0 Å². The first-order chi connectivity index (χ1) is 3.68. The van der Waals surface area contributed by atoms with Crippen LogP contribution in [0.25, 0.3) is 0 Å². The zero-order valence-corrected chi connectivity index (χ0v) is 5.04. The molecule has 0 saturated heterocycles. The van der Waals surface area contributed by atoms with Gasteiger partial charge in [-0.25, -0.2) is 0 Å². The summed E-state index contributed by atoms with van der Waals surface area (Å²) in [5.74, 6) is 0. The van der Waals surface area contributed by atoms with Crippen molar-refractivity contribution in [3.05, 3.63) is 12.7 Å². The van der Waals surface area contributed by atoms with E-state index in [1.54, 1.807) is 13.0 Å². The summed E-state index contributed by atoms with van der Waals surface area (Å²) < 4.78 is 0. The Morgan fingerprint density at radius 2 is 2.12 bits per heavy atom. The van der Waals surface area contributed by atoms with E-state index in [0.717, 1.165) is 0 Å². The average Bonchev–Trinajstić information content (AvgIpc) is 1.67. The van der Waals surface area contributed by atoms with Crippen molar-refractivity contribution in [2.45, 2.75) is 25.6 Å². The van der Waals surface area contributed by atoms with Gasteiger partial charge in [0.1, 0.15) is 0 Å². The van der Waals surface area contributed by atoms with Gasteiger partial charge in [-0.05, 0) is 13.3 Å². The van der Waals surface area contributed by atoms with Crippen LogP contribution in [0, 0.1) is 0 Å². The maximum absolute atomic E-state index is 8.81. The molecule has 0 aliphatic carbocycles. The van der Waals surface area contributed by atoms with Crippen LogP contribution in [-0.4, -0.2) is 22.4 Å². The van der Waals surface area contributed by atoms with Crippen LogP contribution in [0.5, 0.6) is 0 Å². The quantitative estimate of drug-likeness (QED) is 0.521. The molecule has 2 N–H and O–H groups in total. The number of hydrogen-bond donors (Lipinski definition) is 2. The predicted octanol–water partition coefficient (Wildman–Crippen LogP) is 0.304. The zero-order chi connectivity index (χ0) is 6.57. The minimum absolute atomic E-state index is 0.456. The molecule has 48 valence electrons. The Morgan fingerprint density at radius 3 is 2.25 bits per heavy atom. The van der Waals surface area contributed by atoms with Crippen molar-refractivity contribution in [1.29, 1.82) is 0 Å². The van der Waals surface area contributed by atoms with Gasteiger partial charge in [0.15, 0.2) is 0 Å². The molecule has 8 heavy (non-hydrogen) atoms. The van der Waals surface area contributed by atoms with Crippen molar-refractivity contribution in [2.75, 3.05) is 0 Å². The summed E-state index contributed by atoms with van der Waals surface area (Å²) in [7, 11) is 0. The lowest BCUT2D eigenvalue weighted by molar-refractivity contribution is 0.0337. The van der Waals surface area contributed by atoms with Gasteiger partial charge in [0.25, 0.3) is 0 Å². The molecular weight excluding hydrogens is 104 g/mol. The number of hydrogen-bond acceptors (Lipinski definition) is 2. The van der Waals surface area contributed by atoms with Gasteiger partial charge in [0.2, 0.25) is 0 Å². The molecule has 0 aliphatic heterocycles. The number of rotatable bonds is 3. The molecule has 0 heterocycles. The standard InChI is InChI=1S/C6H12O2/c1-3-4-6(8)5(2)7/h3,5-8H,1,4H2,2H3/t5-,6+/m1/s1. The van der Waals surface area contributed by atoms with Crippen molar-refractivity contribution in [1.82, 2.24) is 0 Å². The summed E-state index contributed by atoms with van der Waals surface area (Å²) in [4.78, 5) is 0. The molecule has 0 saturated carbocycles. The molecular formula is C6H12O2. The summed E-state index contributed by atoms with van der Waals surface area (Å²) in [6.45, 7) is 4.96. The van der Waals surface area contributed by atoms with Gasteiger partial charge >= 0.3 is 0 Å². The molecule has 0 amide bonds. The molecule has 2 nitrogen and oxygen atoms in total. The van der Waals surface area contributed by atoms with Crippen molar-refractivity contribution in [2.24, 2.45) is 0 Å². The molecule has 2 heteroatoms. The van der Waals surface area contributed by atoms with E-state index in [0.29, 0.717) is 6.42 Å². The third-order valence-electron chi connectivity index (χ3n) is 0.965. The Bertz CT molecular complexity index is 68.9. The zero-order valence-electron chi connectivity index (χ0n) is 5.04. The third kappa shape index (κ3) is 2.77. The molecule has 0 radical (unpaired) electrons. The first-order valence-corrected chi connectivity index (χ1v) is 2.65. The second-order valence-corrected chi connectivity index (χ2v) is 1.83. The highest BCUT2D eigenvalue weighted by molar-refractivity contribution is 4.74. The second kappa shape index (κ2) is 3.64. The van der Waals surface area contributed by atoms with Crippen LogP contribution in [0.15, 0.2) is 12.7 Å². The van der Waals surface area contributed by atoms with E-state index < -0.39 is 12.2 Å². The van der Waals surface area contributed by atoms with Gasteiger partial charge < -0.3 is 10.2 Å². The monoisotopic (exact) mass is 116 g/mol. The van der Waals surface area contributed by atoms with Gasteiger partial charge in [-0.1, -0.05) is 6.08 Å². The molecule has 0 aromatic carbocycles. The first-order valence-electron chi connectivity index (χ1n) is 2.65. The van der Waals surface area contributed by atoms with E-state index in [-0.39, 0.29) is 0 Å². The van der Waals surface area contributed by atoms with E-state index in [9.17, 15) is 0 Å². The summed E-state index contributed by atoms with van der Waals surface area (Å²) in [6, 6.07) is 0. The van der Waals surface area contributed by atoms with E-state index in [1.807, 2.05) is 0 Å². The van der Waals surface area contributed by atoms with Crippen molar-refractivity contribution in [3.63, 3.8) is 0 Å². The Labute approximate surface area is 49.5 Å². The topological polar surface area (TPSA) is 40.5 Å². The maximum Gasteiger partial charge on any atom is 0.0830 e. The van der Waals surface area contributed by atoms with Crippen molar-refractivity contribution < 1.29 is 10.2 Å². The Balaban J connectivity index is 3.30. The predicted molar refractivity (Wildman–Crippen MR) is 32.5 cm³/mol. The van der Waals surface area contributed by atoms with Crippen LogP contribution in [0.1, 0.15) is 13.3 Å². The molecule has 0 rings (SSSR count). The molecule has 2 atom stereocenters. The normalized spacial score (nSPS) is 17.4. The lowest BCUT2D eigenvalue weighted by Crippen LogP contribution is -2.21. The average molecular weight is 116 g/mol. The Morgan fingerprint density at radius 1 is 1.62 bits per heavy atom. The van der Waals surface area contributed by atoms with Crippen LogP contribution in [0.2, 0.25) is 0 Å². The first kappa shape index (κ1) is 7.66. The number of aliphatic hydroxyl groups excluding tert-OH is 2. The molecule has 0 unspecified atom stereocenters. The summed E-state index contributed by atoms with van der Waals surface area (Å²) in [5, 5.41) is 17.5. The second-order valence-electron chi connectivity index (χ2n) is 1.83. The Hall–Kier alpha value is -0.340. The van der Waals surface area contributed by atoms with Crippen LogP contribution in [0.3, 0.4) is 0 Å². The van der Waals surface area contributed by atoms with E-state index >= 15 is 0 Å². The van der Waals surface area contributed by atoms with Crippen LogP contribution >= 0.6 is 0 Å². The summed E-state index contributed by atoms with van der Waals surface area (Å²) in [5.41, 5.74) is 0. The van der Waals surface area contributed by atoms with E-state index in [2.05, 4.69) is 6.58 Å². The maximum atomic E-state index is 8.81. The van der Waals surface area contributed by atoms with E-state index in [1.165, 1.54) is 0 Å². The van der Waals surface area contributed by atoms with Gasteiger partial charge in [-0.2, -0.15) is 0 Å². The minimum Gasteiger partial charge on any atom is -0.391 e. The van der Waals surface area contributed by atoms with Crippen LogP contribution in [-0.2, 0) is 0 Å². The molecule has 0 aromatic heterocycles. The summed E-state index contributed by atoms with van der Waals surface area (Å²) in [6.07, 6.45) is 0.746. The lowest BCUT2D eigenvalue weighted by Gasteiger charge is -2.09. The SMILES string of the molecule is C=CC[C@H](O)[C@@H](C)O. The largest absolute Gasteiger partial charge is 0.391 e. The van der Waals surface area contributed by atoms with Gasteiger partial charge in [-0.15, -0.1) is 6.58 Å². The van der Waals surface area contributed by atoms with Crippen molar-refractivity contribution in [3.8, 4) is 0 Å². The number of aliphatic hydroxyl groups is 2. The molecule has 0 fully saturated rings. The minimum atomic E-state index is -0.646. The fraction of sp³-hybridized carbons (Fsp3) is 0.667. The fourth-order valence-electron chi connectivity index (χ4n) is 0.368. The van der Waals surface area contributed by atoms with Crippen LogP contribution in [0.4, 0.5) is 0 Å². The van der Waals surface area contributed by atoms with Gasteiger partial charge in [0, 0.05) is 0 Å². The van der Waals surface area contributed by atoms with Crippen molar-refractivity contribution >= 4 is 0 Å². The fourth-order valence-corrected chi connectivity index (χ4v) is 0.368. The molecule has 0 bridgehead atoms. The van der Waals surface area contributed by atoms with Gasteiger partial charge in [0.05, 0.1) is 12.2 Å². The highest BCUT2D eigenvalue weighted by atomic mass is 16.3. The smallest absolute Gasteiger partial charge is 0.0830 e. The summed E-state index contributed by atoms with van der Waals surface area (Å²) >= 11 is 0. The Kier molecular flexibility index (Phi) is 3.48. The van der Waals surface area contributed by atoms with E-state index in [4.69, 9.17) is 10.2 Å². The third-order valence-corrected chi connectivity index (χ3v) is 0.965.